The number of pyridine rings is 1. The summed E-state index contributed by atoms with van der Waals surface area (Å²) in [6, 6.07) is 11.5. The summed E-state index contributed by atoms with van der Waals surface area (Å²) in [5.41, 5.74) is 0.143. The van der Waals surface area contributed by atoms with E-state index in [9.17, 15) is 23.5 Å². The molecule has 0 spiro atoms. The van der Waals surface area contributed by atoms with Crippen LogP contribution < -0.4 is 15.2 Å². The van der Waals surface area contributed by atoms with Crippen molar-refractivity contribution >= 4 is 5.91 Å². The zero-order valence-electron chi connectivity index (χ0n) is 17.3. The minimum Gasteiger partial charge on any atom is -0.502 e. The number of hydrogen-bond acceptors (Lipinski definition) is 5. The van der Waals surface area contributed by atoms with Crippen LogP contribution >= 0.6 is 0 Å². The lowest BCUT2D eigenvalue weighted by Gasteiger charge is -2.43. The fourth-order valence-electron chi connectivity index (χ4n) is 4.17. The number of hydrogen-bond donors (Lipinski definition) is 1. The first-order chi connectivity index (χ1) is 16.0. The highest BCUT2D eigenvalue weighted by molar-refractivity contribution is 5.96. The van der Waals surface area contributed by atoms with Crippen LogP contribution in [0.25, 0.3) is 0 Å². The molecule has 168 valence electrons. The van der Waals surface area contributed by atoms with Gasteiger partial charge in [0.2, 0.25) is 5.43 Å². The van der Waals surface area contributed by atoms with Crippen molar-refractivity contribution in [3.8, 4) is 11.5 Å². The average molecular weight is 451 g/mol. The molecule has 2 bridgehead atoms. The lowest BCUT2D eigenvalue weighted by molar-refractivity contribution is 0.0701. The number of benzene rings is 2. The fourth-order valence-corrected chi connectivity index (χ4v) is 4.17. The molecule has 0 aliphatic carbocycles. The molecule has 3 aromatic rings. The third-order valence-corrected chi connectivity index (χ3v) is 5.72. The molecule has 7 nitrogen and oxygen atoms in total. The van der Waals surface area contributed by atoms with Gasteiger partial charge in [0.25, 0.3) is 5.91 Å². The van der Waals surface area contributed by atoms with Gasteiger partial charge in [-0.25, -0.2) is 8.78 Å². The first-order valence-corrected chi connectivity index (χ1v) is 10.3. The van der Waals surface area contributed by atoms with Crippen LogP contribution in [0.4, 0.5) is 8.78 Å². The summed E-state index contributed by atoms with van der Waals surface area (Å²) in [7, 11) is 0. The largest absolute Gasteiger partial charge is 0.502 e. The minimum absolute atomic E-state index is 0.0521. The fraction of sp³-hybridized carbons (Fsp3) is 0.167. The minimum atomic E-state index is -1.04. The Hall–Kier alpha value is -4.14. The number of carbonyl (C=O) groups excluding carboxylic acids is 1. The summed E-state index contributed by atoms with van der Waals surface area (Å²) >= 11 is 0. The smallest absolute Gasteiger partial charge is 0.278 e. The van der Waals surface area contributed by atoms with Gasteiger partial charge in [-0.3, -0.25) is 19.3 Å². The van der Waals surface area contributed by atoms with Crippen LogP contribution in [-0.4, -0.2) is 40.4 Å². The maximum atomic E-state index is 14.5. The number of ether oxygens (including phenoxy) is 1. The monoisotopic (exact) mass is 451 g/mol. The lowest BCUT2D eigenvalue weighted by Crippen LogP contribution is -2.55. The topological polar surface area (TPSA) is 75.0 Å². The Bertz CT molecular complexity index is 1320. The van der Waals surface area contributed by atoms with E-state index in [0.29, 0.717) is 11.1 Å². The van der Waals surface area contributed by atoms with E-state index in [1.807, 2.05) is 18.2 Å². The van der Waals surface area contributed by atoms with Gasteiger partial charge in [0, 0.05) is 30.4 Å². The zero-order chi connectivity index (χ0) is 23.1. The van der Waals surface area contributed by atoms with Crippen LogP contribution in [0, 0.1) is 11.6 Å². The Labute approximate surface area is 187 Å². The first-order valence-electron chi connectivity index (χ1n) is 10.3. The molecule has 1 aromatic heterocycles. The molecule has 2 aromatic carbocycles. The maximum absolute atomic E-state index is 14.5. The van der Waals surface area contributed by atoms with Crippen molar-refractivity contribution in [1.82, 2.24) is 9.58 Å². The van der Waals surface area contributed by atoms with Crippen molar-refractivity contribution in [2.24, 2.45) is 0 Å². The van der Waals surface area contributed by atoms with Crippen LogP contribution in [0.3, 0.4) is 0 Å². The molecule has 5 rings (SSSR count). The van der Waals surface area contributed by atoms with Gasteiger partial charge >= 0.3 is 0 Å². The quantitative estimate of drug-likeness (QED) is 0.576. The number of rotatable bonds is 1. The molecule has 1 atom stereocenters. The second kappa shape index (κ2) is 8.09. The predicted molar refractivity (Wildman–Crippen MR) is 116 cm³/mol. The molecule has 2 aliphatic rings. The number of amides is 1. The van der Waals surface area contributed by atoms with Gasteiger partial charge in [0.05, 0.1) is 0 Å². The Balaban J connectivity index is 1.82. The van der Waals surface area contributed by atoms with Crippen molar-refractivity contribution in [3.05, 3.63) is 106 Å². The van der Waals surface area contributed by atoms with Gasteiger partial charge in [-0.15, -0.1) is 0 Å². The first kappa shape index (κ1) is 20.7. The molecule has 0 fully saturated rings. The zero-order valence-corrected chi connectivity index (χ0v) is 17.3. The number of carbonyl (C=O) groups is 1. The molecule has 9 heteroatoms. The van der Waals surface area contributed by atoms with E-state index >= 15 is 0 Å². The molecule has 3 heterocycles. The summed E-state index contributed by atoms with van der Waals surface area (Å²) in [5.74, 6) is -3.15. The predicted octanol–water partition coefficient (Wildman–Crippen LogP) is 2.92. The van der Waals surface area contributed by atoms with Gasteiger partial charge < -0.3 is 14.7 Å². The van der Waals surface area contributed by atoms with Gasteiger partial charge in [-0.2, -0.15) is 0 Å². The number of aromatic nitrogens is 1. The lowest BCUT2D eigenvalue weighted by atomic mass is 9.96. The van der Waals surface area contributed by atoms with Gasteiger partial charge in [-0.05, 0) is 17.7 Å². The molecule has 0 radical (unpaired) electrons. The highest BCUT2D eigenvalue weighted by Gasteiger charge is 2.37. The third-order valence-electron chi connectivity index (χ3n) is 5.72. The maximum Gasteiger partial charge on any atom is 0.278 e. The Kier molecular flexibility index (Phi) is 5.08. The highest BCUT2D eigenvalue weighted by atomic mass is 19.2. The summed E-state index contributed by atoms with van der Waals surface area (Å²) in [6.45, 7) is 0.315. The van der Waals surface area contributed by atoms with Crippen LogP contribution in [0.5, 0.6) is 11.5 Å². The molecular formula is C24H19F2N3O4. The van der Waals surface area contributed by atoms with Crippen molar-refractivity contribution in [2.75, 3.05) is 24.8 Å². The standard InChI is InChI=1S/C24H19F2N3O4/c25-17-12-16-20(13-18(17)26)33-11-5-4-9-27-14-29(21(16)15-6-2-1-3-7-15)28-10-8-19(30)23(31)22(28)24(27)32/h1-8,10,12-13,21,31H,9,11,14H2/b5-4-/t21-/m1/s1. The molecule has 0 unspecified atom stereocenters. The summed E-state index contributed by atoms with van der Waals surface area (Å²) in [6.07, 6.45) is 4.75. The van der Waals surface area contributed by atoms with Crippen molar-refractivity contribution in [3.63, 3.8) is 0 Å². The van der Waals surface area contributed by atoms with Crippen LogP contribution in [0.15, 0.2) is 71.7 Å². The number of aromatic hydroxyl groups is 1. The van der Waals surface area contributed by atoms with Crippen molar-refractivity contribution < 1.29 is 23.4 Å². The van der Waals surface area contributed by atoms with E-state index in [4.69, 9.17) is 4.74 Å². The van der Waals surface area contributed by atoms with Gasteiger partial charge in [0.1, 0.15) is 25.1 Å². The Morgan fingerprint density at radius 3 is 2.55 bits per heavy atom. The van der Waals surface area contributed by atoms with E-state index in [1.54, 1.807) is 29.3 Å². The Morgan fingerprint density at radius 2 is 1.76 bits per heavy atom. The van der Waals surface area contributed by atoms with E-state index in [1.165, 1.54) is 15.8 Å². The number of nitrogens with zero attached hydrogens (tertiary/aromatic N) is 3. The van der Waals surface area contributed by atoms with Crippen LogP contribution in [-0.2, 0) is 0 Å². The summed E-state index contributed by atoms with van der Waals surface area (Å²) < 4.78 is 35.8. The molecule has 1 N–H and O–H groups in total. The molecule has 33 heavy (non-hydrogen) atoms. The van der Waals surface area contributed by atoms with Crippen LogP contribution in [0.2, 0.25) is 0 Å². The van der Waals surface area contributed by atoms with Crippen LogP contribution in [0.1, 0.15) is 27.7 Å². The molecule has 0 saturated heterocycles. The normalized spacial score (nSPS) is 18.6. The number of fused-ring (bicyclic) bond motifs is 5. The highest BCUT2D eigenvalue weighted by Crippen LogP contribution is 2.38. The SMILES string of the molecule is O=C1c2c(O)c(=O)ccn2N2CN1C/C=C\COc1cc(F)c(F)cc1[C@H]2c1ccccc1. The van der Waals surface area contributed by atoms with E-state index < -0.39 is 34.8 Å². The second-order valence-corrected chi connectivity index (χ2v) is 7.73. The van der Waals surface area contributed by atoms with E-state index in [-0.39, 0.29) is 31.3 Å². The molecule has 0 saturated carbocycles. The van der Waals surface area contributed by atoms with E-state index in [0.717, 1.165) is 18.2 Å². The number of halogens is 2. The molecular weight excluding hydrogens is 432 g/mol. The second-order valence-electron chi connectivity index (χ2n) is 7.73. The van der Waals surface area contributed by atoms with Crippen molar-refractivity contribution in [1.29, 1.82) is 0 Å². The van der Waals surface area contributed by atoms with Gasteiger partial charge in [-0.1, -0.05) is 36.4 Å². The molecule has 2 aliphatic heterocycles. The third kappa shape index (κ3) is 3.51. The van der Waals surface area contributed by atoms with Crippen molar-refractivity contribution in [2.45, 2.75) is 6.04 Å². The summed E-state index contributed by atoms with van der Waals surface area (Å²) in [5, 5.41) is 12.2. The van der Waals surface area contributed by atoms with E-state index in [2.05, 4.69) is 0 Å². The summed E-state index contributed by atoms with van der Waals surface area (Å²) in [4.78, 5) is 26.7. The average Bonchev–Trinajstić information content (AvgIpc) is 2.84. The Morgan fingerprint density at radius 1 is 1.00 bits per heavy atom. The van der Waals surface area contributed by atoms with Gasteiger partial charge in [0.15, 0.2) is 23.1 Å². The molecule has 1 amide bonds.